The van der Waals surface area contributed by atoms with Gasteiger partial charge >= 0.3 is 110 Å². The van der Waals surface area contributed by atoms with E-state index in [-0.39, 0.29) is 0 Å². The molecule has 6 rings (SSSR count). The van der Waals surface area contributed by atoms with E-state index in [2.05, 4.69) is 330 Å². The molecule has 0 saturated heterocycles. The molecule has 6 aromatic rings. The smallest absolute Gasteiger partial charge is 0.0398 e. The summed E-state index contributed by atoms with van der Waals surface area (Å²) in [6, 6.07) is 40.7. The van der Waals surface area contributed by atoms with Crippen LogP contribution in [0.25, 0.3) is 31.9 Å². The molecule has 0 fully saturated rings. The molecule has 0 radical (unpaired) electrons. The van der Waals surface area contributed by atoms with Gasteiger partial charge in [0.1, 0.15) is 0 Å². The summed E-state index contributed by atoms with van der Waals surface area (Å²) in [5, 5.41) is 26.9. The first kappa shape index (κ1) is 80.8. The first-order chi connectivity index (χ1) is 40.2. The van der Waals surface area contributed by atoms with Crippen molar-refractivity contribution in [2.24, 2.45) is 0 Å². The van der Waals surface area contributed by atoms with Crippen molar-refractivity contribution < 1.29 is 38.3 Å². The molecule has 0 heterocycles. The van der Waals surface area contributed by atoms with E-state index in [1.807, 2.05) is 38.3 Å². The Morgan fingerprint density at radius 3 is 0.488 bits per heavy atom. The van der Waals surface area contributed by atoms with E-state index >= 15 is 0 Å². The van der Waals surface area contributed by atoms with Crippen LogP contribution in [0.4, 0.5) is 34.1 Å². The molecule has 86 heavy (non-hydrogen) atoms. The maximum absolute atomic E-state index is 4.48. The largest absolute Gasteiger partial charge is 0.682 e. The fourth-order valence-corrected chi connectivity index (χ4v) is 10.3. The third-order valence-electron chi connectivity index (χ3n) is 11.9. The summed E-state index contributed by atoms with van der Waals surface area (Å²) >= 11 is 3.91. The Morgan fingerprint density at radius 1 is 0.267 bits per heavy atom. The molecule has 0 aromatic heterocycles. The zero-order chi connectivity index (χ0) is 65.6. The predicted octanol–water partition coefficient (Wildman–Crippen LogP) is 26.0. The van der Waals surface area contributed by atoms with Crippen molar-refractivity contribution in [3.63, 3.8) is 0 Å². The van der Waals surface area contributed by atoms with Crippen molar-refractivity contribution in [2.75, 3.05) is 0 Å². The fourth-order valence-electron chi connectivity index (χ4n) is 9.17. The van der Waals surface area contributed by atoms with Gasteiger partial charge in [-0.2, -0.15) is 0 Å². The van der Waals surface area contributed by atoms with E-state index < -0.39 is 0 Å². The van der Waals surface area contributed by atoms with Crippen LogP contribution in [0.2, 0.25) is 0 Å². The van der Waals surface area contributed by atoms with E-state index in [0.29, 0.717) is 36.3 Å². The third-order valence-corrected chi connectivity index (χ3v) is 13.1. The standard InChI is InChI=1S/C12H18.6C11H16N.2Mo/c1-5-7-9-11(3)12(4)10-8-6-2;6*1-8(2)12-11-6-9(3)5-10(4)7-11;;/h5-10H2,1-2H3;6*5-8H,1-4H3;;/q;6*-1;;/b12-11+;;;;;;;;. The van der Waals surface area contributed by atoms with Gasteiger partial charge < -0.3 is 31.9 Å². The number of rotatable bonds is 18. The van der Waals surface area contributed by atoms with Crippen molar-refractivity contribution in [2.45, 2.75) is 255 Å². The van der Waals surface area contributed by atoms with Gasteiger partial charge in [-0.25, -0.2) is 0 Å². The quantitative estimate of drug-likeness (QED) is 0.0768. The van der Waals surface area contributed by atoms with Gasteiger partial charge in [0.2, 0.25) is 0 Å². The monoisotopic (exact) mass is 1330 g/mol. The van der Waals surface area contributed by atoms with Gasteiger partial charge in [0, 0.05) is 0 Å². The average molecular weight is 1330 g/mol. The van der Waals surface area contributed by atoms with Crippen LogP contribution < -0.4 is 0 Å². The Kier molecular flexibility index (Phi) is 42.4. The van der Waals surface area contributed by atoms with E-state index in [4.69, 9.17) is 0 Å². The Hall–Kier alpha value is -5.20. The Labute approximate surface area is 550 Å². The summed E-state index contributed by atoms with van der Waals surface area (Å²) in [5.74, 6) is 0. The number of nitrogens with zero attached hydrogens (tertiary/aromatic N) is 6. The number of unbranched alkanes of at least 4 members (excludes halogenated alkanes) is 2. The molecule has 8 heteroatoms. The molecule has 6 nitrogen and oxygen atoms in total. The molecule has 474 valence electrons. The van der Waals surface area contributed by atoms with Gasteiger partial charge in [0.15, 0.2) is 0 Å². The first-order valence-corrected chi connectivity index (χ1v) is 33.5. The molecule has 0 aliphatic carbocycles. The van der Waals surface area contributed by atoms with Crippen LogP contribution in [-0.2, 0) is 38.3 Å². The number of hydrogen-bond donors (Lipinski definition) is 0. The zero-order valence-corrected chi connectivity index (χ0v) is 62.6. The molecule has 0 aliphatic heterocycles. The first-order valence-electron chi connectivity index (χ1n) is 31.5. The van der Waals surface area contributed by atoms with Gasteiger partial charge in [0.05, 0.1) is 0 Å². The summed E-state index contributed by atoms with van der Waals surface area (Å²) < 4.78 is 6.65. The second-order valence-corrected chi connectivity index (χ2v) is 25.8. The van der Waals surface area contributed by atoms with Gasteiger partial charge in [0.25, 0.3) is 0 Å². The number of hydrogen-bond acceptors (Lipinski definition) is 0. The van der Waals surface area contributed by atoms with Crippen LogP contribution in [0, 0.1) is 91.5 Å². The predicted molar refractivity (Wildman–Crippen MR) is 378 cm³/mol. The molecule has 0 N–H and O–H groups in total. The van der Waals surface area contributed by atoms with E-state index in [1.165, 1.54) is 116 Å². The second-order valence-electron chi connectivity index (χ2n) is 24.8. The fraction of sp³-hybridized carbons (Fsp3) is 0.487. The van der Waals surface area contributed by atoms with Gasteiger partial charge in [-0.05, 0) is 83.1 Å². The van der Waals surface area contributed by atoms with Crippen LogP contribution in [0.5, 0.6) is 0 Å². The van der Waals surface area contributed by atoms with E-state index in [0.717, 1.165) is 34.1 Å². The van der Waals surface area contributed by atoms with Gasteiger partial charge in [-0.1, -0.05) is 259 Å². The average Bonchev–Trinajstić information content (AvgIpc) is 3.37. The molecule has 0 bridgehead atoms. The van der Waals surface area contributed by atoms with Crippen molar-refractivity contribution in [1.82, 2.24) is 0 Å². The Morgan fingerprint density at radius 2 is 0.395 bits per heavy atom. The second kappa shape index (κ2) is 45.1. The molecular weight excluding hydrogens is 1210 g/mol. The van der Waals surface area contributed by atoms with Crippen molar-refractivity contribution in [3.05, 3.63) is 219 Å². The summed E-state index contributed by atoms with van der Waals surface area (Å²) in [4.78, 5) is 0. The molecule has 0 unspecified atom stereocenters. The minimum Gasteiger partial charge on any atom is -0.682 e. The van der Waals surface area contributed by atoms with Crippen molar-refractivity contribution in [1.29, 1.82) is 0 Å². The van der Waals surface area contributed by atoms with Gasteiger partial charge in [-0.15, -0.1) is 70.4 Å². The Bertz CT molecular complexity index is 2390. The molecule has 6 aromatic carbocycles. The summed E-state index contributed by atoms with van der Waals surface area (Å²) in [5.41, 5.74) is 24.8. The van der Waals surface area contributed by atoms with Gasteiger partial charge in [-0.3, -0.25) is 0 Å². The molecule has 0 saturated carbocycles. The van der Waals surface area contributed by atoms with Crippen molar-refractivity contribution >= 4 is 34.1 Å². The maximum atomic E-state index is 4.48. The maximum Gasteiger partial charge on any atom is -0.0398 e. The topological polar surface area (TPSA) is 84.6 Å². The minimum absolute atomic E-state index is 0.381. The summed E-state index contributed by atoms with van der Waals surface area (Å²) in [6.45, 7) is 54.9. The zero-order valence-electron chi connectivity index (χ0n) is 58.6. The SMILES string of the molecule is CCCC/C([C]#[Mo])=C(\[C]#[Mo])CCCC.Cc1cc(C)cc([N-]C(C)C)c1.Cc1cc(C)cc([N-]C(C)C)c1.Cc1cc(C)cc([N-]C(C)C)c1.Cc1cc(C)cc([N-]C(C)C)c1.Cc1cc(C)cc([N-]C(C)C)c1.Cc1cc(C)cc([N-]C(C)C)c1. The van der Waals surface area contributed by atoms with Crippen LogP contribution in [0.15, 0.2) is 120 Å². The molecule has 0 atom stereocenters. The van der Waals surface area contributed by atoms with Crippen molar-refractivity contribution in [3.8, 4) is 8.40 Å². The van der Waals surface area contributed by atoms with Crippen LogP contribution in [-0.4, -0.2) is 36.3 Å². The number of benzene rings is 6. The normalized spacial score (nSPS) is 10.6. The molecule has 0 spiro atoms. The summed E-state index contributed by atoms with van der Waals surface area (Å²) in [6.07, 6.45) is 7.43. The van der Waals surface area contributed by atoms with E-state index in [1.54, 1.807) is 0 Å². The van der Waals surface area contributed by atoms with Crippen LogP contribution in [0.3, 0.4) is 0 Å². The summed E-state index contributed by atoms with van der Waals surface area (Å²) in [7, 11) is 0. The molecule has 0 aliphatic rings. The molecular formula is C78H114Mo2N6-6. The minimum atomic E-state index is 0.381. The number of allylic oxidation sites excluding steroid dienone is 2. The third kappa shape index (κ3) is 41.8. The Balaban J connectivity index is 0.000000980. The van der Waals surface area contributed by atoms with Crippen LogP contribution >= 0.6 is 0 Å². The van der Waals surface area contributed by atoms with Crippen LogP contribution in [0.1, 0.15) is 202 Å². The number of aryl methyl sites for hydroxylation is 12. The van der Waals surface area contributed by atoms with E-state index in [9.17, 15) is 0 Å². The molecule has 0 amide bonds.